The molecule has 0 aliphatic carbocycles. The predicted octanol–water partition coefficient (Wildman–Crippen LogP) is 2.89. The van der Waals surface area contributed by atoms with E-state index in [9.17, 15) is 4.79 Å². The third-order valence-corrected chi connectivity index (χ3v) is 3.21. The molecule has 0 spiro atoms. The number of carboxylic acids is 1. The summed E-state index contributed by atoms with van der Waals surface area (Å²) in [6.45, 7) is 8.48. The fourth-order valence-corrected chi connectivity index (χ4v) is 2.05. The number of carboxylic acid groups (broad SMARTS) is 1. The lowest BCUT2D eigenvalue weighted by Crippen LogP contribution is -2.32. The van der Waals surface area contributed by atoms with Crippen LogP contribution in [0.4, 0.5) is 0 Å². The molecule has 100 valence electrons. The van der Waals surface area contributed by atoms with Gasteiger partial charge in [-0.1, -0.05) is 45.9 Å². The van der Waals surface area contributed by atoms with Gasteiger partial charge in [0.2, 0.25) is 0 Å². The van der Waals surface area contributed by atoms with Crippen molar-refractivity contribution < 1.29 is 9.90 Å². The number of rotatable bonds is 5. The first-order valence-electron chi connectivity index (χ1n) is 6.44. The summed E-state index contributed by atoms with van der Waals surface area (Å²) in [6.07, 6.45) is 0.392. The minimum absolute atomic E-state index is 0.377. The van der Waals surface area contributed by atoms with Gasteiger partial charge in [0.05, 0.1) is 0 Å². The summed E-state index contributed by atoms with van der Waals surface area (Å²) in [5.41, 5.74) is 9.12. The Morgan fingerprint density at radius 3 is 2.28 bits per heavy atom. The van der Waals surface area contributed by atoms with Crippen molar-refractivity contribution in [2.24, 2.45) is 5.73 Å². The van der Waals surface area contributed by atoms with Crippen molar-refractivity contribution in [3.63, 3.8) is 0 Å². The van der Waals surface area contributed by atoms with Crippen molar-refractivity contribution in [3.8, 4) is 0 Å². The first kappa shape index (κ1) is 14.7. The average molecular weight is 249 g/mol. The van der Waals surface area contributed by atoms with Gasteiger partial charge in [-0.25, -0.2) is 0 Å². The summed E-state index contributed by atoms with van der Waals surface area (Å²) >= 11 is 0. The van der Waals surface area contributed by atoms with Crippen molar-refractivity contribution in [1.82, 2.24) is 0 Å². The summed E-state index contributed by atoms with van der Waals surface area (Å²) in [5.74, 6) is -0.132. The van der Waals surface area contributed by atoms with E-state index in [1.165, 1.54) is 11.1 Å². The van der Waals surface area contributed by atoms with Gasteiger partial charge in [-0.05, 0) is 34.9 Å². The zero-order valence-electron chi connectivity index (χ0n) is 11.6. The SMILES string of the molecule is CC(C)c1ccc(C(C)C)c(CC(N)C(=O)O)c1. The fourth-order valence-electron chi connectivity index (χ4n) is 2.05. The van der Waals surface area contributed by atoms with Crippen LogP contribution in [0.3, 0.4) is 0 Å². The number of nitrogens with two attached hydrogens (primary N) is 1. The molecular formula is C15H23NO2. The second-order valence-corrected chi connectivity index (χ2v) is 5.42. The molecule has 1 aromatic rings. The molecule has 3 nitrogen and oxygen atoms in total. The van der Waals surface area contributed by atoms with Crippen LogP contribution in [0.15, 0.2) is 18.2 Å². The Morgan fingerprint density at radius 2 is 1.83 bits per heavy atom. The lowest BCUT2D eigenvalue weighted by atomic mass is 9.89. The quantitative estimate of drug-likeness (QED) is 0.843. The van der Waals surface area contributed by atoms with Gasteiger partial charge in [0, 0.05) is 0 Å². The van der Waals surface area contributed by atoms with Crippen LogP contribution in [-0.4, -0.2) is 17.1 Å². The predicted molar refractivity (Wildman–Crippen MR) is 73.9 cm³/mol. The van der Waals surface area contributed by atoms with E-state index in [0.717, 1.165) is 5.56 Å². The second-order valence-electron chi connectivity index (χ2n) is 5.42. The van der Waals surface area contributed by atoms with Gasteiger partial charge < -0.3 is 10.8 Å². The molecule has 3 N–H and O–H groups in total. The first-order valence-corrected chi connectivity index (χ1v) is 6.44. The van der Waals surface area contributed by atoms with Crippen LogP contribution < -0.4 is 5.73 Å². The van der Waals surface area contributed by atoms with E-state index in [1.807, 2.05) is 0 Å². The zero-order valence-corrected chi connectivity index (χ0v) is 11.6. The molecule has 0 aromatic heterocycles. The van der Waals surface area contributed by atoms with Gasteiger partial charge in [0.1, 0.15) is 6.04 Å². The van der Waals surface area contributed by atoms with Crippen LogP contribution in [0.25, 0.3) is 0 Å². The Morgan fingerprint density at radius 1 is 1.22 bits per heavy atom. The van der Waals surface area contributed by atoms with Gasteiger partial charge in [-0.15, -0.1) is 0 Å². The molecule has 0 radical (unpaired) electrons. The molecule has 0 bridgehead atoms. The highest BCUT2D eigenvalue weighted by Gasteiger charge is 2.16. The van der Waals surface area contributed by atoms with Gasteiger partial charge in [-0.2, -0.15) is 0 Å². The highest BCUT2D eigenvalue weighted by molar-refractivity contribution is 5.73. The highest BCUT2D eigenvalue weighted by atomic mass is 16.4. The molecule has 1 unspecified atom stereocenters. The van der Waals surface area contributed by atoms with E-state index in [1.54, 1.807) is 0 Å². The van der Waals surface area contributed by atoms with Crippen molar-refractivity contribution in [3.05, 3.63) is 34.9 Å². The van der Waals surface area contributed by atoms with Crippen LogP contribution in [0.5, 0.6) is 0 Å². The molecule has 0 amide bonds. The molecule has 1 atom stereocenters. The van der Waals surface area contributed by atoms with Crippen molar-refractivity contribution in [2.45, 2.75) is 52.0 Å². The number of hydrogen-bond acceptors (Lipinski definition) is 2. The number of benzene rings is 1. The van der Waals surface area contributed by atoms with Gasteiger partial charge in [-0.3, -0.25) is 4.79 Å². The number of aliphatic carboxylic acids is 1. The average Bonchev–Trinajstić information content (AvgIpc) is 2.28. The lowest BCUT2D eigenvalue weighted by molar-refractivity contribution is -0.138. The fraction of sp³-hybridized carbons (Fsp3) is 0.533. The standard InChI is InChI=1S/C15H23NO2/c1-9(2)11-5-6-13(10(3)4)12(7-11)8-14(16)15(17)18/h5-7,9-10,14H,8,16H2,1-4H3,(H,17,18). The summed E-state index contributed by atoms with van der Waals surface area (Å²) in [6, 6.07) is 5.49. The second kappa shape index (κ2) is 6.01. The minimum atomic E-state index is -0.945. The summed E-state index contributed by atoms with van der Waals surface area (Å²) in [7, 11) is 0. The summed E-state index contributed by atoms with van der Waals surface area (Å²) in [4.78, 5) is 10.9. The van der Waals surface area contributed by atoms with Crippen LogP contribution in [-0.2, 0) is 11.2 Å². The van der Waals surface area contributed by atoms with E-state index >= 15 is 0 Å². The zero-order chi connectivity index (χ0) is 13.9. The molecule has 0 aliphatic rings. The summed E-state index contributed by atoms with van der Waals surface area (Å²) in [5, 5.41) is 8.93. The summed E-state index contributed by atoms with van der Waals surface area (Å²) < 4.78 is 0. The topological polar surface area (TPSA) is 63.3 Å². The maximum atomic E-state index is 10.9. The Hall–Kier alpha value is -1.35. The third-order valence-electron chi connectivity index (χ3n) is 3.21. The number of carbonyl (C=O) groups is 1. The maximum absolute atomic E-state index is 10.9. The van der Waals surface area contributed by atoms with Crippen LogP contribution in [0.1, 0.15) is 56.2 Å². The first-order chi connectivity index (χ1) is 8.32. The highest BCUT2D eigenvalue weighted by Crippen LogP contribution is 2.25. The number of hydrogen-bond donors (Lipinski definition) is 2. The van der Waals surface area contributed by atoms with E-state index in [-0.39, 0.29) is 0 Å². The maximum Gasteiger partial charge on any atom is 0.320 e. The van der Waals surface area contributed by atoms with Crippen LogP contribution in [0.2, 0.25) is 0 Å². The molecule has 0 saturated carbocycles. The van der Waals surface area contributed by atoms with E-state index in [2.05, 4.69) is 45.9 Å². The van der Waals surface area contributed by atoms with Crippen LogP contribution >= 0.6 is 0 Å². The van der Waals surface area contributed by atoms with E-state index < -0.39 is 12.0 Å². The normalized spacial score (nSPS) is 13.1. The lowest BCUT2D eigenvalue weighted by Gasteiger charge is -2.17. The molecule has 1 aromatic carbocycles. The van der Waals surface area contributed by atoms with Crippen molar-refractivity contribution in [1.29, 1.82) is 0 Å². The van der Waals surface area contributed by atoms with Crippen molar-refractivity contribution in [2.75, 3.05) is 0 Å². The Kier molecular flexibility index (Phi) is 4.91. The largest absolute Gasteiger partial charge is 0.480 e. The Labute approximate surface area is 109 Å². The Bertz CT molecular complexity index is 425. The molecule has 0 aliphatic heterocycles. The molecule has 18 heavy (non-hydrogen) atoms. The molecule has 0 heterocycles. The molecule has 0 saturated heterocycles. The minimum Gasteiger partial charge on any atom is -0.480 e. The molecule has 0 fully saturated rings. The third kappa shape index (κ3) is 3.57. The van der Waals surface area contributed by atoms with Gasteiger partial charge in [0.25, 0.3) is 0 Å². The van der Waals surface area contributed by atoms with E-state index in [0.29, 0.717) is 18.3 Å². The van der Waals surface area contributed by atoms with E-state index in [4.69, 9.17) is 10.8 Å². The monoisotopic (exact) mass is 249 g/mol. The van der Waals surface area contributed by atoms with Gasteiger partial charge >= 0.3 is 5.97 Å². The van der Waals surface area contributed by atoms with Crippen molar-refractivity contribution >= 4 is 5.97 Å². The smallest absolute Gasteiger partial charge is 0.320 e. The Balaban J connectivity index is 3.11. The molecule has 3 heteroatoms. The molecular weight excluding hydrogens is 226 g/mol. The molecule has 1 rings (SSSR count). The van der Waals surface area contributed by atoms with Gasteiger partial charge in [0.15, 0.2) is 0 Å². The van der Waals surface area contributed by atoms with Crippen LogP contribution in [0, 0.1) is 0 Å².